The Morgan fingerprint density at radius 3 is 2.66 bits per heavy atom. The Morgan fingerprint density at radius 2 is 2.10 bits per heavy atom. The minimum absolute atomic E-state index is 0. The molecule has 3 rings (SSSR count). The lowest BCUT2D eigenvalue weighted by Gasteiger charge is -2.35. The molecule has 162 valence electrons. The van der Waals surface area contributed by atoms with Gasteiger partial charge in [0.1, 0.15) is 0 Å². The highest BCUT2D eigenvalue weighted by atomic mass is 127. The van der Waals surface area contributed by atoms with Gasteiger partial charge in [-0.3, -0.25) is 9.89 Å². The first-order valence-electron chi connectivity index (χ1n) is 9.58. The number of ether oxygens (including phenoxy) is 1. The first-order valence-corrected chi connectivity index (χ1v) is 10.8. The molecule has 1 atom stereocenters. The van der Waals surface area contributed by atoms with Crippen molar-refractivity contribution in [2.24, 2.45) is 12.0 Å². The molecule has 0 bridgehead atoms. The zero-order chi connectivity index (χ0) is 20.1. The summed E-state index contributed by atoms with van der Waals surface area (Å²) < 4.78 is 7.60. The second-order valence-corrected chi connectivity index (χ2v) is 8.91. The zero-order valence-corrected chi connectivity index (χ0v) is 21.4. The summed E-state index contributed by atoms with van der Waals surface area (Å²) >= 11 is 7.99. The lowest BCUT2D eigenvalue weighted by Crippen LogP contribution is -2.46. The van der Waals surface area contributed by atoms with Gasteiger partial charge in [0.25, 0.3) is 0 Å². The topological polar surface area (TPSA) is 45.0 Å². The van der Waals surface area contributed by atoms with E-state index in [4.69, 9.17) is 16.3 Å². The summed E-state index contributed by atoms with van der Waals surface area (Å²) in [6, 6.07) is 6.77. The summed E-state index contributed by atoms with van der Waals surface area (Å²) in [6.07, 6.45) is 1.93. The van der Waals surface area contributed by atoms with Gasteiger partial charge in [-0.15, -0.1) is 35.3 Å². The van der Waals surface area contributed by atoms with Crippen LogP contribution in [0.15, 0.2) is 29.4 Å². The van der Waals surface area contributed by atoms with E-state index < -0.39 is 0 Å². The van der Waals surface area contributed by atoms with Gasteiger partial charge < -0.3 is 19.5 Å². The summed E-state index contributed by atoms with van der Waals surface area (Å²) in [5, 5.41) is 4.34. The van der Waals surface area contributed by atoms with Gasteiger partial charge in [-0.1, -0.05) is 11.6 Å². The molecular weight excluding hydrogens is 521 g/mol. The standard InChI is InChI=1S/C20H30ClN5OS.HI/c1-15-5-6-19(28-15)18(26-7-9-27-10-8-26)12-23-20(22-2)25(4)14-17-11-16(21)13-24(17)3;/h5-6,11,13,18H,7-10,12,14H2,1-4H3,(H,22,23);1H. The summed E-state index contributed by atoms with van der Waals surface area (Å²) in [5.74, 6) is 0.879. The lowest BCUT2D eigenvalue weighted by atomic mass is 10.2. The van der Waals surface area contributed by atoms with Gasteiger partial charge >= 0.3 is 0 Å². The second-order valence-electron chi connectivity index (χ2n) is 7.16. The number of aromatic nitrogens is 1. The van der Waals surface area contributed by atoms with E-state index in [1.54, 1.807) is 0 Å². The van der Waals surface area contributed by atoms with Crippen LogP contribution in [0, 0.1) is 6.92 Å². The Kier molecular flexibility index (Phi) is 9.74. The number of nitrogens with zero attached hydrogens (tertiary/aromatic N) is 4. The van der Waals surface area contributed by atoms with Crippen LogP contribution in [0.2, 0.25) is 5.02 Å². The molecule has 0 aliphatic carbocycles. The van der Waals surface area contributed by atoms with Crippen LogP contribution in [0.4, 0.5) is 0 Å². The van der Waals surface area contributed by atoms with Crippen molar-refractivity contribution < 1.29 is 4.74 Å². The zero-order valence-electron chi connectivity index (χ0n) is 17.5. The van der Waals surface area contributed by atoms with Crippen molar-refractivity contribution in [2.75, 3.05) is 46.9 Å². The van der Waals surface area contributed by atoms with E-state index in [9.17, 15) is 0 Å². The lowest BCUT2D eigenvalue weighted by molar-refractivity contribution is 0.0176. The molecule has 6 nitrogen and oxygen atoms in total. The van der Waals surface area contributed by atoms with Crippen LogP contribution in [0.3, 0.4) is 0 Å². The number of aryl methyl sites for hydroxylation is 2. The fraction of sp³-hybridized carbons (Fsp3) is 0.550. The number of guanidine groups is 1. The average molecular weight is 552 g/mol. The average Bonchev–Trinajstić information content (AvgIpc) is 3.24. The monoisotopic (exact) mass is 551 g/mol. The van der Waals surface area contributed by atoms with Crippen molar-refractivity contribution >= 4 is 52.9 Å². The molecule has 0 saturated carbocycles. The molecule has 29 heavy (non-hydrogen) atoms. The van der Waals surface area contributed by atoms with Crippen molar-refractivity contribution in [3.05, 3.63) is 44.9 Å². The maximum atomic E-state index is 6.12. The van der Waals surface area contributed by atoms with Crippen molar-refractivity contribution in [2.45, 2.75) is 19.5 Å². The summed E-state index contributed by atoms with van der Waals surface area (Å²) in [6.45, 7) is 7.22. The third-order valence-electron chi connectivity index (χ3n) is 5.08. The quantitative estimate of drug-likeness (QED) is 0.338. The fourth-order valence-electron chi connectivity index (χ4n) is 3.55. The van der Waals surface area contributed by atoms with Crippen molar-refractivity contribution in [3.8, 4) is 0 Å². The fourth-order valence-corrected chi connectivity index (χ4v) is 4.83. The molecule has 1 N–H and O–H groups in total. The number of thiophene rings is 1. The third-order valence-corrected chi connectivity index (χ3v) is 6.39. The van der Waals surface area contributed by atoms with E-state index in [0.717, 1.165) is 56.1 Å². The molecule has 1 unspecified atom stereocenters. The van der Waals surface area contributed by atoms with Gasteiger partial charge in [-0.05, 0) is 25.1 Å². The third kappa shape index (κ3) is 6.58. The van der Waals surface area contributed by atoms with Crippen LogP contribution in [0.1, 0.15) is 21.5 Å². The largest absolute Gasteiger partial charge is 0.379 e. The normalized spacial score (nSPS) is 16.4. The maximum Gasteiger partial charge on any atom is 0.193 e. The Morgan fingerprint density at radius 1 is 1.38 bits per heavy atom. The SMILES string of the molecule is CN=C(NCC(c1ccc(C)s1)N1CCOCC1)N(C)Cc1cc(Cl)cn1C.I. The van der Waals surface area contributed by atoms with Crippen LogP contribution >= 0.6 is 46.9 Å². The van der Waals surface area contributed by atoms with Crippen LogP contribution < -0.4 is 5.32 Å². The molecule has 2 aromatic heterocycles. The van der Waals surface area contributed by atoms with Gasteiger partial charge in [0.05, 0.1) is 30.8 Å². The van der Waals surface area contributed by atoms with E-state index in [1.807, 2.05) is 37.7 Å². The summed E-state index contributed by atoms with van der Waals surface area (Å²) in [4.78, 5) is 11.8. The molecule has 0 amide bonds. The molecule has 1 aliphatic rings. The number of hydrogen-bond donors (Lipinski definition) is 1. The van der Waals surface area contributed by atoms with Crippen molar-refractivity contribution in [1.82, 2.24) is 19.7 Å². The van der Waals surface area contributed by atoms with Gasteiger partial charge in [0.2, 0.25) is 0 Å². The molecule has 3 heterocycles. The molecule has 0 aromatic carbocycles. The first-order chi connectivity index (χ1) is 13.5. The Hall–Kier alpha value is -0.810. The molecule has 0 radical (unpaired) electrons. The molecule has 9 heteroatoms. The van der Waals surface area contributed by atoms with Crippen LogP contribution in [0.25, 0.3) is 0 Å². The summed E-state index contributed by atoms with van der Waals surface area (Å²) in [5.41, 5.74) is 1.15. The minimum atomic E-state index is 0. The van der Waals surface area contributed by atoms with Crippen LogP contribution in [-0.4, -0.2) is 67.3 Å². The van der Waals surface area contributed by atoms with Crippen LogP contribution in [-0.2, 0) is 18.3 Å². The molecule has 1 aliphatic heterocycles. The predicted molar refractivity (Wildman–Crippen MR) is 133 cm³/mol. The maximum absolute atomic E-state index is 6.12. The number of rotatable bonds is 6. The highest BCUT2D eigenvalue weighted by Gasteiger charge is 2.24. The van der Waals surface area contributed by atoms with E-state index in [-0.39, 0.29) is 24.0 Å². The Balaban J connectivity index is 0.00000300. The number of nitrogens with one attached hydrogen (secondary N) is 1. The highest BCUT2D eigenvalue weighted by molar-refractivity contribution is 14.0. The van der Waals surface area contributed by atoms with E-state index in [1.165, 1.54) is 9.75 Å². The number of aliphatic imine (C=N–C) groups is 1. The van der Waals surface area contributed by atoms with Gasteiger partial charge in [-0.25, -0.2) is 0 Å². The number of halogens is 2. The smallest absolute Gasteiger partial charge is 0.193 e. The molecule has 0 spiro atoms. The minimum Gasteiger partial charge on any atom is -0.379 e. The Labute approximate surface area is 199 Å². The Bertz CT molecular complexity index is 803. The van der Waals surface area contributed by atoms with E-state index in [2.05, 4.69) is 50.8 Å². The molecule has 2 aromatic rings. The summed E-state index contributed by atoms with van der Waals surface area (Å²) in [7, 11) is 5.89. The number of hydrogen-bond acceptors (Lipinski definition) is 4. The van der Waals surface area contributed by atoms with E-state index in [0.29, 0.717) is 6.04 Å². The molecule has 1 fully saturated rings. The van der Waals surface area contributed by atoms with Gasteiger partial charge in [-0.2, -0.15) is 0 Å². The highest BCUT2D eigenvalue weighted by Crippen LogP contribution is 2.28. The molecular formula is C20H31ClIN5OS. The van der Waals surface area contributed by atoms with Gasteiger partial charge in [0, 0.05) is 62.4 Å². The predicted octanol–water partition coefficient (Wildman–Crippen LogP) is 3.75. The van der Waals surface area contributed by atoms with Crippen molar-refractivity contribution in [3.63, 3.8) is 0 Å². The van der Waals surface area contributed by atoms with E-state index >= 15 is 0 Å². The first kappa shape index (κ1) is 24.5. The van der Waals surface area contributed by atoms with Crippen molar-refractivity contribution in [1.29, 1.82) is 0 Å². The second kappa shape index (κ2) is 11.5. The molecule has 1 saturated heterocycles. The van der Waals surface area contributed by atoms with Crippen LogP contribution in [0.5, 0.6) is 0 Å². The number of morpholine rings is 1. The van der Waals surface area contributed by atoms with Gasteiger partial charge in [0.15, 0.2) is 5.96 Å².